The van der Waals surface area contributed by atoms with E-state index in [9.17, 15) is 14.4 Å². The van der Waals surface area contributed by atoms with Crippen LogP contribution >= 0.6 is 0 Å². The molecule has 132 valence electrons. The summed E-state index contributed by atoms with van der Waals surface area (Å²) in [5.74, 6) is -0.613. The maximum Gasteiger partial charge on any atom is 0.437 e. The maximum atomic E-state index is 12.3. The van der Waals surface area contributed by atoms with Crippen LogP contribution in [0.25, 0.3) is 11.7 Å². The number of nitrogens with zero attached hydrogens (tertiary/aromatic N) is 3. The number of carbonyl (C=O) groups is 2. The Labute approximate surface area is 147 Å². The fraction of sp³-hybridized carbons (Fsp3) is 0.222. The molecule has 0 fully saturated rings. The molecule has 2 amide bonds. The Hall–Kier alpha value is -3.42. The smallest absolute Gasteiger partial charge is 0.437 e. The number of hydrogen-bond acceptors (Lipinski definition) is 6. The van der Waals surface area contributed by atoms with Crippen LogP contribution in [0.3, 0.4) is 0 Å². The van der Waals surface area contributed by atoms with Gasteiger partial charge in [-0.15, -0.1) is 5.10 Å². The van der Waals surface area contributed by atoms with E-state index in [2.05, 4.69) is 5.10 Å². The van der Waals surface area contributed by atoms with E-state index in [1.165, 1.54) is 15.8 Å². The van der Waals surface area contributed by atoms with E-state index in [4.69, 9.17) is 8.83 Å². The van der Waals surface area contributed by atoms with Crippen molar-refractivity contribution < 1.29 is 18.4 Å². The third kappa shape index (κ3) is 2.75. The van der Waals surface area contributed by atoms with Gasteiger partial charge in [0, 0.05) is 13.1 Å². The van der Waals surface area contributed by atoms with Crippen LogP contribution < -0.4 is 5.76 Å². The molecule has 0 saturated heterocycles. The van der Waals surface area contributed by atoms with Crippen molar-refractivity contribution >= 4 is 11.8 Å². The van der Waals surface area contributed by atoms with Crippen molar-refractivity contribution in [3.05, 3.63) is 64.3 Å². The van der Waals surface area contributed by atoms with E-state index < -0.39 is 5.76 Å². The van der Waals surface area contributed by atoms with Gasteiger partial charge in [-0.3, -0.25) is 14.5 Å². The van der Waals surface area contributed by atoms with Crippen LogP contribution in [0.1, 0.15) is 33.6 Å². The molecule has 26 heavy (non-hydrogen) atoms. The number of rotatable bonds is 6. The number of benzene rings is 1. The van der Waals surface area contributed by atoms with Gasteiger partial charge in [-0.25, -0.2) is 4.79 Å². The van der Waals surface area contributed by atoms with Crippen LogP contribution in [0.15, 0.2) is 56.3 Å². The Morgan fingerprint density at radius 2 is 1.58 bits per heavy atom. The van der Waals surface area contributed by atoms with Crippen molar-refractivity contribution in [1.29, 1.82) is 0 Å². The van der Waals surface area contributed by atoms with Gasteiger partial charge in [0.25, 0.3) is 17.7 Å². The van der Waals surface area contributed by atoms with E-state index in [0.29, 0.717) is 42.8 Å². The van der Waals surface area contributed by atoms with Gasteiger partial charge in [0.15, 0.2) is 5.76 Å². The summed E-state index contributed by atoms with van der Waals surface area (Å²) in [5, 5.41) is 4.08. The standard InChI is InChI=1S/C18H15N3O5/c22-16-12-6-1-2-7-13(12)17(23)20(16)9-3-4-10-21-18(24)26-15(19-21)14-8-5-11-25-14/h1-2,5-8,11H,3-4,9-10H2. The van der Waals surface area contributed by atoms with Gasteiger partial charge in [0.2, 0.25) is 0 Å². The lowest BCUT2D eigenvalue weighted by Crippen LogP contribution is -2.31. The first-order valence-electron chi connectivity index (χ1n) is 8.22. The zero-order valence-electron chi connectivity index (χ0n) is 13.8. The second kappa shape index (κ2) is 6.47. The van der Waals surface area contributed by atoms with Crippen LogP contribution in [0.2, 0.25) is 0 Å². The summed E-state index contributed by atoms with van der Waals surface area (Å²) >= 11 is 0. The summed E-state index contributed by atoms with van der Waals surface area (Å²) in [6, 6.07) is 10.1. The molecular formula is C18H15N3O5. The highest BCUT2D eigenvalue weighted by molar-refractivity contribution is 6.21. The molecule has 1 aliphatic rings. The first kappa shape index (κ1) is 16.1. The predicted octanol–water partition coefficient (Wildman–Crippen LogP) is 2.17. The van der Waals surface area contributed by atoms with Crippen LogP contribution in [-0.4, -0.2) is 33.0 Å². The highest BCUT2D eigenvalue weighted by Crippen LogP contribution is 2.22. The maximum absolute atomic E-state index is 12.3. The molecule has 0 spiro atoms. The molecule has 8 heteroatoms. The molecule has 0 aliphatic carbocycles. The minimum absolute atomic E-state index is 0.125. The first-order valence-corrected chi connectivity index (χ1v) is 8.22. The molecule has 3 aromatic rings. The van der Waals surface area contributed by atoms with Crippen LogP contribution in [-0.2, 0) is 6.54 Å². The van der Waals surface area contributed by atoms with E-state index in [-0.39, 0.29) is 17.7 Å². The average molecular weight is 353 g/mol. The van der Waals surface area contributed by atoms with Gasteiger partial charge >= 0.3 is 5.76 Å². The van der Waals surface area contributed by atoms with Crippen molar-refractivity contribution in [2.45, 2.75) is 19.4 Å². The topological polar surface area (TPSA) is 98.6 Å². The number of hydrogen-bond donors (Lipinski definition) is 0. The number of furan rings is 1. The molecule has 0 saturated carbocycles. The zero-order valence-corrected chi connectivity index (χ0v) is 13.8. The van der Waals surface area contributed by atoms with Gasteiger partial charge < -0.3 is 8.83 Å². The molecule has 0 N–H and O–H groups in total. The molecule has 4 rings (SSSR count). The Kier molecular flexibility index (Phi) is 4.00. The molecule has 1 aliphatic heterocycles. The highest BCUT2D eigenvalue weighted by Gasteiger charge is 2.34. The largest absolute Gasteiger partial charge is 0.459 e. The molecule has 0 bridgehead atoms. The molecule has 0 atom stereocenters. The minimum Gasteiger partial charge on any atom is -0.459 e. The molecular weight excluding hydrogens is 338 g/mol. The second-order valence-electron chi connectivity index (χ2n) is 5.89. The molecule has 0 unspecified atom stereocenters. The van der Waals surface area contributed by atoms with Crippen LogP contribution in [0.5, 0.6) is 0 Å². The molecule has 0 radical (unpaired) electrons. The van der Waals surface area contributed by atoms with Crippen LogP contribution in [0.4, 0.5) is 0 Å². The lowest BCUT2D eigenvalue weighted by molar-refractivity contribution is 0.0651. The fourth-order valence-electron chi connectivity index (χ4n) is 2.92. The number of carbonyl (C=O) groups excluding carboxylic acids is 2. The zero-order chi connectivity index (χ0) is 18.1. The molecule has 1 aromatic carbocycles. The summed E-state index contributed by atoms with van der Waals surface area (Å²) < 4.78 is 11.4. The summed E-state index contributed by atoms with van der Waals surface area (Å²) in [4.78, 5) is 37.6. The van der Waals surface area contributed by atoms with Gasteiger partial charge in [-0.1, -0.05) is 12.1 Å². The van der Waals surface area contributed by atoms with E-state index in [1.807, 2.05) is 0 Å². The number of aromatic nitrogens is 2. The number of unbranched alkanes of at least 4 members (excludes halogenated alkanes) is 1. The molecule has 8 nitrogen and oxygen atoms in total. The third-order valence-electron chi connectivity index (χ3n) is 4.22. The van der Waals surface area contributed by atoms with Crippen molar-refractivity contribution in [3.63, 3.8) is 0 Å². The third-order valence-corrected chi connectivity index (χ3v) is 4.22. The van der Waals surface area contributed by atoms with Crippen molar-refractivity contribution in [1.82, 2.24) is 14.7 Å². The lowest BCUT2D eigenvalue weighted by Gasteiger charge is -2.13. The first-order chi connectivity index (χ1) is 12.6. The average Bonchev–Trinajstić information content (AvgIpc) is 3.35. The quantitative estimate of drug-likeness (QED) is 0.497. The Morgan fingerprint density at radius 3 is 2.23 bits per heavy atom. The van der Waals surface area contributed by atoms with Gasteiger partial charge in [0.1, 0.15) is 0 Å². The van der Waals surface area contributed by atoms with Crippen molar-refractivity contribution in [3.8, 4) is 11.7 Å². The monoisotopic (exact) mass is 353 g/mol. The Balaban J connectivity index is 1.35. The van der Waals surface area contributed by atoms with E-state index in [1.54, 1.807) is 36.4 Å². The summed E-state index contributed by atoms with van der Waals surface area (Å²) in [6.45, 7) is 0.621. The SMILES string of the molecule is O=C1c2ccccc2C(=O)N1CCCCn1nc(-c2ccco2)oc1=O. The molecule has 3 heterocycles. The van der Waals surface area contributed by atoms with Crippen molar-refractivity contribution in [2.24, 2.45) is 0 Å². The summed E-state index contributed by atoms with van der Waals surface area (Å²) in [5.41, 5.74) is 0.877. The number of amides is 2. The lowest BCUT2D eigenvalue weighted by atomic mass is 10.1. The van der Waals surface area contributed by atoms with Crippen LogP contribution in [0, 0.1) is 0 Å². The minimum atomic E-state index is -0.572. The number of aryl methyl sites for hydroxylation is 1. The normalized spacial score (nSPS) is 13.5. The highest BCUT2D eigenvalue weighted by atomic mass is 16.4. The second-order valence-corrected chi connectivity index (χ2v) is 5.89. The van der Waals surface area contributed by atoms with E-state index in [0.717, 1.165) is 0 Å². The van der Waals surface area contributed by atoms with E-state index >= 15 is 0 Å². The number of imide groups is 1. The van der Waals surface area contributed by atoms with Crippen molar-refractivity contribution in [2.75, 3.05) is 6.54 Å². The summed E-state index contributed by atoms with van der Waals surface area (Å²) in [7, 11) is 0. The van der Waals surface area contributed by atoms with Gasteiger partial charge in [-0.05, 0) is 37.1 Å². The molecule has 2 aromatic heterocycles. The van der Waals surface area contributed by atoms with Gasteiger partial charge in [0.05, 0.1) is 17.4 Å². The Bertz CT molecular complexity index is 981. The predicted molar refractivity (Wildman–Crippen MR) is 89.5 cm³/mol. The fourth-order valence-corrected chi connectivity index (χ4v) is 2.92. The summed E-state index contributed by atoms with van der Waals surface area (Å²) in [6.07, 6.45) is 2.59. The number of fused-ring (bicyclic) bond motifs is 1. The Morgan fingerprint density at radius 1 is 0.885 bits per heavy atom. The van der Waals surface area contributed by atoms with Gasteiger partial charge in [-0.2, -0.15) is 4.68 Å².